The number of hydrogen-bond acceptors (Lipinski definition) is 5. The van der Waals surface area contributed by atoms with Crippen LogP contribution in [0.1, 0.15) is 5.56 Å². The van der Waals surface area contributed by atoms with Crippen molar-refractivity contribution >= 4 is 16.7 Å². The molecule has 0 spiro atoms. The van der Waals surface area contributed by atoms with Gasteiger partial charge in [-0.1, -0.05) is 0 Å². The highest BCUT2D eigenvalue weighted by molar-refractivity contribution is 5.83. The number of anilines is 1. The first-order chi connectivity index (χ1) is 10.3. The largest absolute Gasteiger partial charge is 0.497 e. The topological polar surface area (TPSA) is 60.6 Å². The number of ether oxygens (including phenoxy) is 2. The lowest BCUT2D eigenvalue weighted by atomic mass is 10.1. The lowest BCUT2D eigenvalue weighted by Crippen LogP contribution is -2.37. The van der Waals surface area contributed by atoms with Gasteiger partial charge in [0.05, 0.1) is 25.8 Å². The molecule has 5 heteroatoms. The van der Waals surface area contributed by atoms with Crippen LogP contribution in [0.25, 0.3) is 10.9 Å². The maximum atomic E-state index is 5.76. The number of benzene rings is 1. The Morgan fingerprint density at radius 1 is 1.29 bits per heavy atom. The highest BCUT2D eigenvalue weighted by atomic mass is 16.5. The van der Waals surface area contributed by atoms with Crippen LogP contribution in [-0.4, -0.2) is 44.9 Å². The Kier molecular flexibility index (Phi) is 4.22. The molecule has 21 heavy (non-hydrogen) atoms. The zero-order valence-electron chi connectivity index (χ0n) is 12.3. The Hall–Kier alpha value is -1.85. The van der Waals surface area contributed by atoms with Crippen LogP contribution in [0.3, 0.4) is 0 Å². The van der Waals surface area contributed by atoms with Gasteiger partial charge in [0.1, 0.15) is 11.6 Å². The standard InChI is InChI=1S/C16H21N3O2/c1-20-14-2-3-15-13(11-14)10-12(4-5-17)16(18-15)19-6-8-21-9-7-19/h2-3,10-11H,4-9,17H2,1H3. The fraction of sp³-hybridized carbons (Fsp3) is 0.438. The molecule has 1 aliphatic heterocycles. The zero-order valence-corrected chi connectivity index (χ0v) is 12.3. The monoisotopic (exact) mass is 287 g/mol. The van der Waals surface area contributed by atoms with Crippen LogP contribution in [0.15, 0.2) is 24.3 Å². The molecule has 5 nitrogen and oxygen atoms in total. The minimum atomic E-state index is 0.620. The first-order valence-electron chi connectivity index (χ1n) is 7.32. The zero-order chi connectivity index (χ0) is 14.7. The normalized spacial score (nSPS) is 15.4. The summed E-state index contributed by atoms with van der Waals surface area (Å²) in [5, 5.41) is 1.09. The molecule has 1 aliphatic rings. The molecule has 2 aromatic rings. The number of hydrogen-bond donors (Lipinski definition) is 1. The van der Waals surface area contributed by atoms with Gasteiger partial charge in [0.25, 0.3) is 0 Å². The van der Waals surface area contributed by atoms with Gasteiger partial charge >= 0.3 is 0 Å². The molecule has 3 rings (SSSR count). The van der Waals surface area contributed by atoms with E-state index in [1.54, 1.807) is 7.11 Å². The number of rotatable bonds is 4. The average Bonchev–Trinajstić information content (AvgIpc) is 2.55. The summed E-state index contributed by atoms with van der Waals surface area (Å²) >= 11 is 0. The molecule has 0 bridgehead atoms. The summed E-state index contributed by atoms with van der Waals surface area (Å²) in [6.07, 6.45) is 0.826. The molecule has 0 aliphatic carbocycles. The van der Waals surface area contributed by atoms with E-state index >= 15 is 0 Å². The van der Waals surface area contributed by atoms with Gasteiger partial charge in [-0.2, -0.15) is 0 Å². The van der Waals surface area contributed by atoms with Crippen molar-refractivity contribution in [1.82, 2.24) is 4.98 Å². The van der Waals surface area contributed by atoms with Crippen LogP contribution >= 0.6 is 0 Å². The lowest BCUT2D eigenvalue weighted by molar-refractivity contribution is 0.122. The van der Waals surface area contributed by atoms with Gasteiger partial charge in [0.2, 0.25) is 0 Å². The molecular formula is C16H21N3O2. The number of methoxy groups -OCH3 is 1. The van der Waals surface area contributed by atoms with Gasteiger partial charge in [-0.05, 0) is 42.8 Å². The number of pyridine rings is 1. The summed E-state index contributed by atoms with van der Waals surface area (Å²) in [5.74, 6) is 1.89. The average molecular weight is 287 g/mol. The van der Waals surface area contributed by atoms with Crippen molar-refractivity contribution in [3.8, 4) is 5.75 Å². The van der Waals surface area contributed by atoms with E-state index in [1.165, 1.54) is 5.56 Å². The van der Waals surface area contributed by atoms with E-state index in [0.717, 1.165) is 55.2 Å². The van der Waals surface area contributed by atoms with Crippen molar-refractivity contribution in [2.75, 3.05) is 44.9 Å². The highest BCUT2D eigenvalue weighted by Gasteiger charge is 2.17. The molecule has 2 heterocycles. The number of morpholine rings is 1. The minimum Gasteiger partial charge on any atom is -0.497 e. The second kappa shape index (κ2) is 6.28. The quantitative estimate of drug-likeness (QED) is 0.925. The van der Waals surface area contributed by atoms with E-state index in [2.05, 4.69) is 11.0 Å². The fourth-order valence-corrected chi connectivity index (χ4v) is 2.70. The minimum absolute atomic E-state index is 0.620. The number of nitrogens with zero attached hydrogens (tertiary/aromatic N) is 2. The predicted octanol–water partition coefficient (Wildman–Crippen LogP) is 1.58. The third-order valence-electron chi connectivity index (χ3n) is 3.80. The molecule has 1 aromatic carbocycles. The second-order valence-corrected chi connectivity index (χ2v) is 5.17. The number of nitrogens with two attached hydrogens (primary N) is 1. The Balaban J connectivity index is 2.06. The number of aromatic nitrogens is 1. The summed E-state index contributed by atoms with van der Waals surface area (Å²) in [5.41, 5.74) is 7.94. The van der Waals surface area contributed by atoms with Crippen LogP contribution in [0.5, 0.6) is 5.75 Å². The van der Waals surface area contributed by atoms with E-state index in [-0.39, 0.29) is 0 Å². The van der Waals surface area contributed by atoms with Crippen LogP contribution < -0.4 is 15.4 Å². The van der Waals surface area contributed by atoms with Gasteiger partial charge < -0.3 is 20.1 Å². The van der Waals surface area contributed by atoms with E-state index in [9.17, 15) is 0 Å². The summed E-state index contributed by atoms with van der Waals surface area (Å²) in [4.78, 5) is 7.14. The third kappa shape index (κ3) is 2.94. The lowest BCUT2D eigenvalue weighted by Gasteiger charge is -2.29. The van der Waals surface area contributed by atoms with Crippen LogP contribution in [0, 0.1) is 0 Å². The first-order valence-corrected chi connectivity index (χ1v) is 7.32. The molecule has 1 aromatic heterocycles. The van der Waals surface area contributed by atoms with Crippen LogP contribution in [-0.2, 0) is 11.2 Å². The molecule has 1 saturated heterocycles. The molecule has 0 atom stereocenters. The van der Waals surface area contributed by atoms with E-state index in [1.807, 2.05) is 18.2 Å². The first kappa shape index (κ1) is 14.1. The Labute approximate surface area is 124 Å². The highest BCUT2D eigenvalue weighted by Crippen LogP contribution is 2.27. The Morgan fingerprint density at radius 2 is 2.10 bits per heavy atom. The second-order valence-electron chi connectivity index (χ2n) is 5.17. The third-order valence-corrected chi connectivity index (χ3v) is 3.80. The van der Waals surface area contributed by atoms with E-state index < -0.39 is 0 Å². The van der Waals surface area contributed by atoms with Gasteiger partial charge in [0.15, 0.2) is 0 Å². The Morgan fingerprint density at radius 3 is 2.81 bits per heavy atom. The number of fused-ring (bicyclic) bond motifs is 1. The molecule has 1 fully saturated rings. The van der Waals surface area contributed by atoms with Crippen molar-refractivity contribution in [3.05, 3.63) is 29.8 Å². The van der Waals surface area contributed by atoms with Crippen molar-refractivity contribution in [1.29, 1.82) is 0 Å². The molecule has 0 radical (unpaired) electrons. The predicted molar refractivity (Wildman–Crippen MR) is 84.1 cm³/mol. The van der Waals surface area contributed by atoms with Gasteiger partial charge in [-0.3, -0.25) is 0 Å². The van der Waals surface area contributed by atoms with Crippen molar-refractivity contribution in [2.45, 2.75) is 6.42 Å². The van der Waals surface area contributed by atoms with Crippen molar-refractivity contribution in [3.63, 3.8) is 0 Å². The summed E-state index contributed by atoms with van der Waals surface area (Å²) in [7, 11) is 1.68. The van der Waals surface area contributed by atoms with E-state index in [0.29, 0.717) is 6.54 Å². The van der Waals surface area contributed by atoms with Crippen molar-refractivity contribution < 1.29 is 9.47 Å². The van der Waals surface area contributed by atoms with Crippen molar-refractivity contribution in [2.24, 2.45) is 5.73 Å². The van der Waals surface area contributed by atoms with Crippen LogP contribution in [0.2, 0.25) is 0 Å². The molecular weight excluding hydrogens is 266 g/mol. The molecule has 2 N–H and O–H groups in total. The molecule has 0 saturated carbocycles. The van der Waals surface area contributed by atoms with Gasteiger partial charge in [-0.15, -0.1) is 0 Å². The summed E-state index contributed by atoms with van der Waals surface area (Å²) in [6.45, 7) is 3.89. The Bertz CT molecular complexity index is 624. The van der Waals surface area contributed by atoms with Gasteiger partial charge in [0, 0.05) is 18.5 Å². The van der Waals surface area contributed by atoms with Crippen LogP contribution in [0.4, 0.5) is 5.82 Å². The molecule has 112 valence electrons. The molecule has 0 amide bonds. The summed E-state index contributed by atoms with van der Waals surface area (Å²) in [6, 6.07) is 8.15. The maximum absolute atomic E-state index is 5.76. The smallest absolute Gasteiger partial charge is 0.132 e. The SMILES string of the molecule is COc1ccc2nc(N3CCOCC3)c(CCN)cc2c1. The molecule has 0 unspecified atom stereocenters. The maximum Gasteiger partial charge on any atom is 0.132 e. The fourth-order valence-electron chi connectivity index (χ4n) is 2.70. The van der Waals surface area contributed by atoms with Gasteiger partial charge in [-0.25, -0.2) is 4.98 Å². The summed E-state index contributed by atoms with van der Waals surface area (Å²) < 4.78 is 10.7. The van der Waals surface area contributed by atoms with E-state index in [4.69, 9.17) is 20.2 Å².